The number of amides is 2. The number of hydrogen-bond acceptors (Lipinski definition) is 3. The van der Waals surface area contributed by atoms with Gasteiger partial charge >= 0.3 is 0 Å². The van der Waals surface area contributed by atoms with Crippen LogP contribution in [0.2, 0.25) is 0 Å². The third kappa shape index (κ3) is 3.34. The van der Waals surface area contributed by atoms with Gasteiger partial charge in [-0.15, -0.1) is 0 Å². The number of hydrogen-bond donors (Lipinski definition) is 2. The average Bonchev–Trinajstić information content (AvgIpc) is 2.98. The Balaban J connectivity index is 1.78. The lowest BCUT2D eigenvalue weighted by Crippen LogP contribution is -2.54. The zero-order valence-corrected chi connectivity index (χ0v) is 17.5. The lowest BCUT2D eigenvalue weighted by atomic mass is 9.65. The molecule has 2 aromatic rings. The summed E-state index contributed by atoms with van der Waals surface area (Å²) >= 11 is 0. The summed E-state index contributed by atoms with van der Waals surface area (Å²) in [5.74, 6) is -0.700. The molecular weight excluding hydrogens is 383 g/mol. The summed E-state index contributed by atoms with van der Waals surface area (Å²) in [4.78, 5) is 26.1. The second kappa shape index (κ2) is 7.23. The molecule has 6 nitrogen and oxygen atoms in total. The van der Waals surface area contributed by atoms with Crippen molar-refractivity contribution < 1.29 is 14.0 Å². The number of carbonyl (C=O) groups is 2. The Kier molecular flexibility index (Phi) is 4.84. The van der Waals surface area contributed by atoms with Crippen LogP contribution in [0.15, 0.2) is 48.3 Å². The van der Waals surface area contributed by atoms with Gasteiger partial charge in [0.2, 0.25) is 5.91 Å². The second-order valence-electron chi connectivity index (χ2n) is 8.39. The van der Waals surface area contributed by atoms with Crippen LogP contribution in [0.4, 0.5) is 10.2 Å². The zero-order chi connectivity index (χ0) is 21.6. The van der Waals surface area contributed by atoms with Crippen molar-refractivity contribution in [2.75, 3.05) is 5.32 Å². The van der Waals surface area contributed by atoms with Crippen molar-refractivity contribution >= 4 is 17.6 Å². The molecular formula is C23H25FN4O2. The minimum absolute atomic E-state index is 0.295. The molecule has 2 heterocycles. The maximum Gasteiger partial charge on any atom is 0.251 e. The van der Waals surface area contributed by atoms with Crippen LogP contribution in [-0.4, -0.2) is 27.6 Å². The maximum atomic E-state index is 13.7. The number of fused-ring (bicyclic) bond motifs is 1. The Bertz CT molecular complexity index is 1100. The Morgan fingerprint density at radius 3 is 2.80 bits per heavy atom. The average molecular weight is 408 g/mol. The van der Waals surface area contributed by atoms with Crippen molar-refractivity contribution in [3.63, 3.8) is 0 Å². The summed E-state index contributed by atoms with van der Waals surface area (Å²) in [6.07, 6.45) is 5.17. The van der Waals surface area contributed by atoms with E-state index in [4.69, 9.17) is 0 Å². The third-order valence-corrected chi connectivity index (χ3v) is 6.07. The first-order chi connectivity index (χ1) is 14.2. The highest BCUT2D eigenvalue weighted by Crippen LogP contribution is 2.50. The fraction of sp³-hybridized carbons (Fsp3) is 0.348. The van der Waals surface area contributed by atoms with Crippen molar-refractivity contribution in [3.05, 3.63) is 70.7 Å². The summed E-state index contributed by atoms with van der Waals surface area (Å²) < 4.78 is 15.4. The molecule has 4 rings (SSSR count). The van der Waals surface area contributed by atoms with Gasteiger partial charge in [0, 0.05) is 24.1 Å². The maximum absolute atomic E-state index is 13.7. The van der Waals surface area contributed by atoms with Gasteiger partial charge in [0.15, 0.2) is 0 Å². The van der Waals surface area contributed by atoms with E-state index in [1.165, 1.54) is 12.2 Å². The summed E-state index contributed by atoms with van der Waals surface area (Å²) in [6, 6.07) is 6.40. The molecule has 1 aromatic heterocycles. The van der Waals surface area contributed by atoms with Crippen molar-refractivity contribution in [2.24, 2.45) is 12.5 Å². The smallest absolute Gasteiger partial charge is 0.251 e. The highest BCUT2D eigenvalue weighted by Gasteiger charge is 2.48. The van der Waals surface area contributed by atoms with E-state index >= 15 is 0 Å². The van der Waals surface area contributed by atoms with Gasteiger partial charge in [0.1, 0.15) is 17.7 Å². The molecule has 7 heteroatoms. The predicted molar refractivity (Wildman–Crippen MR) is 113 cm³/mol. The largest absolute Gasteiger partial charge is 0.340 e. The number of nitrogens with one attached hydrogen (secondary N) is 2. The number of allylic oxidation sites excluding steroid dienone is 4. The number of halogens is 1. The second-order valence-corrected chi connectivity index (χ2v) is 8.39. The molecule has 1 unspecified atom stereocenters. The van der Waals surface area contributed by atoms with Gasteiger partial charge in [0.05, 0.1) is 5.69 Å². The van der Waals surface area contributed by atoms with Crippen molar-refractivity contribution in [2.45, 2.75) is 39.2 Å². The van der Waals surface area contributed by atoms with Crippen LogP contribution in [0.1, 0.15) is 46.4 Å². The van der Waals surface area contributed by atoms with E-state index in [1.807, 2.05) is 32.9 Å². The standard InChI is InChI=1S/C23H25FN4O2/c1-13-6-5-7-15(12-13)21(29)25-19-18(23(3)10-8-16(24)9-11-23)17-14(2)27-28(4)20(17)26-22(19)30/h5-10,12,18-19H,11H2,1-4H3,(H,25,29)(H,26,30)/t18-,19-,23?/m0/s1. The summed E-state index contributed by atoms with van der Waals surface area (Å²) in [5.41, 5.74) is 2.53. The van der Waals surface area contributed by atoms with E-state index in [0.717, 1.165) is 16.8 Å². The first-order valence-electron chi connectivity index (χ1n) is 9.96. The SMILES string of the molecule is Cc1cccc(C(=O)N[C@@H]2C(=O)Nc3c(c(C)nn3C)[C@@H]2C2(C)C=CC(F)=CC2)c1. The Labute approximate surface area is 174 Å². The quantitative estimate of drug-likeness (QED) is 0.813. The number of carbonyl (C=O) groups excluding carboxylic acids is 2. The number of nitrogens with zero attached hydrogens (tertiary/aromatic N) is 2. The van der Waals surface area contributed by atoms with E-state index < -0.39 is 17.4 Å². The van der Waals surface area contributed by atoms with Crippen molar-refractivity contribution in [1.29, 1.82) is 0 Å². The first-order valence-corrected chi connectivity index (χ1v) is 9.96. The highest BCUT2D eigenvalue weighted by molar-refractivity contribution is 6.03. The fourth-order valence-electron chi connectivity index (χ4n) is 4.53. The highest BCUT2D eigenvalue weighted by atomic mass is 19.1. The predicted octanol–water partition coefficient (Wildman–Crippen LogP) is 3.69. The molecule has 0 fully saturated rings. The summed E-state index contributed by atoms with van der Waals surface area (Å²) in [5, 5.41) is 10.3. The molecule has 0 saturated heterocycles. The molecule has 2 amide bonds. The fourth-order valence-corrected chi connectivity index (χ4v) is 4.53. The number of aromatic nitrogens is 2. The lowest BCUT2D eigenvalue weighted by molar-refractivity contribution is -0.119. The van der Waals surface area contributed by atoms with Crippen LogP contribution in [-0.2, 0) is 11.8 Å². The van der Waals surface area contributed by atoms with Crippen molar-refractivity contribution in [1.82, 2.24) is 15.1 Å². The molecule has 3 atom stereocenters. The molecule has 0 radical (unpaired) electrons. The number of aryl methyl sites for hydroxylation is 3. The molecule has 156 valence electrons. The number of benzene rings is 1. The van der Waals surface area contributed by atoms with Crippen LogP contribution >= 0.6 is 0 Å². The summed E-state index contributed by atoms with van der Waals surface area (Å²) in [6.45, 7) is 5.78. The Morgan fingerprint density at radius 2 is 2.13 bits per heavy atom. The number of anilines is 1. The third-order valence-electron chi connectivity index (χ3n) is 6.07. The molecule has 1 aliphatic carbocycles. The van der Waals surface area contributed by atoms with Crippen LogP contribution in [0.5, 0.6) is 0 Å². The van der Waals surface area contributed by atoms with Crippen LogP contribution < -0.4 is 10.6 Å². The normalized spacial score (nSPS) is 25.4. The lowest BCUT2D eigenvalue weighted by Gasteiger charge is -2.43. The Morgan fingerprint density at radius 1 is 1.37 bits per heavy atom. The van der Waals surface area contributed by atoms with Gasteiger partial charge in [-0.3, -0.25) is 14.3 Å². The van der Waals surface area contributed by atoms with Gasteiger partial charge in [-0.2, -0.15) is 5.10 Å². The molecule has 0 spiro atoms. The van der Waals surface area contributed by atoms with Crippen LogP contribution in [0.25, 0.3) is 0 Å². The summed E-state index contributed by atoms with van der Waals surface area (Å²) in [7, 11) is 1.77. The number of rotatable bonds is 3. The molecule has 2 N–H and O–H groups in total. The first kappa shape index (κ1) is 20.1. The zero-order valence-electron chi connectivity index (χ0n) is 17.5. The minimum Gasteiger partial charge on any atom is -0.340 e. The monoisotopic (exact) mass is 408 g/mol. The van der Waals surface area contributed by atoms with E-state index in [0.29, 0.717) is 17.8 Å². The van der Waals surface area contributed by atoms with Crippen LogP contribution in [0.3, 0.4) is 0 Å². The van der Waals surface area contributed by atoms with Gasteiger partial charge in [-0.1, -0.05) is 30.7 Å². The van der Waals surface area contributed by atoms with E-state index in [1.54, 1.807) is 29.9 Å². The Hall–Kier alpha value is -3.22. The van der Waals surface area contributed by atoms with E-state index in [2.05, 4.69) is 15.7 Å². The van der Waals surface area contributed by atoms with E-state index in [-0.39, 0.29) is 17.6 Å². The molecule has 2 aliphatic rings. The molecule has 0 bridgehead atoms. The van der Waals surface area contributed by atoms with Crippen LogP contribution in [0, 0.1) is 19.3 Å². The van der Waals surface area contributed by atoms with Crippen molar-refractivity contribution in [3.8, 4) is 0 Å². The molecule has 0 saturated carbocycles. The molecule has 30 heavy (non-hydrogen) atoms. The van der Waals surface area contributed by atoms with Gasteiger partial charge in [-0.25, -0.2) is 4.39 Å². The molecule has 1 aliphatic heterocycles. The molecule has 1 aromatic carbocycles. The van der Waals surface area contributed by atoms with Gasteiger partial charge in [0.25, 0.3) is 5.91 Å². The van der Waals surface area contributed by atoms with Gasteiger partial charge in [-0.05, 0) is 50.0 Å². The minimum atomic E-state index is -0.822. The topological polar surface area (TPSA) is 76.0 Å². The van der Waals surface area contributed by atoms with E-state index in [9.17, 15) is 14.0 Å². The van der Waals surface area contributed by atoms with Gasteiger partial charge < -0.3 is 10.6 Å².